The second kappa shape index (κ2) is 22.7. The number of aromatic amines is 1. The normalized spacial score (nSPS) is 11.6. The third-order valence-electron chi connectivity index (χ3n) is 6.39. The van der Waals surface area contributed by atoms with E-state index in [1.807, 2.05) is 6.20 Å². The molecule has 0 fully saturated rings. The van der Waals surface area contributed by atoms with E-state index in [1.54, 1.807) is 0 Å². The lowest BCUT2D eigenvalue weighted by Crippen LogP contribution is -1.84. The number of nitrogens with one attached hydrogen (secondary N) is 1. The molecule has 0 aliphatic carbocycles. The van der Waals surface area contributed by atoms with E-state index in [0.29, 0.717) is 0 Å². The van der Waals surface area contributed by atoms with Gasteiger partial charge in [-0.15, -0.1) is 0 Å². The molecule has 0 aromatic carbocycles. The van der Waals surface area contributed by atoms with Crippen LogP contribution in [0.3, 0.4) is 0 Å². The summed E-state index contributed by atoms with van der Waals surface area (Å²) in [6, 6.07) is 4.17. The summed E-state index contributed by atoms with van der Waals surface area (Å²) >= 11 is 0. The van der Waals surface area contributed by atoms with Crippen LogP contribution in [0.5, 0.6) is 0 Å². The summed E-state index contributed by atoms with van der Waals surface area (Å²) < 4.78 is 0. The van der Waals surface area contributed by atoms with Gasteiger partial charge >= 0.3 is 0 Å². The summed E-state index contributed by atoms with van der Waals surface area (Å²) in [7, 11) is 0. The SMILES string of the molecule is CCCCCCCCCCCCCCCCCCCCCCC/C=C/c1ccc[nH]1. The van der Waals surface area contributed by atoms with Crippen molar-refractivity contribution in [3.8, 4) is 0 Å². The molecular weight excluding hydrogens is 362 g/mol. The molecule has 1 rings (SSSR count). The number of aromatic nitrogens is 1. The fourth-order valence-corrected chi connectivity index (χ4v) is 4.35. The van der Waals surface area contributed by atoms with E-state index >= 15 is 0 Å². The van der Waals surface area contributed by atoms with Gasteiger partial charge in [-0.1, -0.05) is 141 Å². The van der Waals surface area contributed by atoms with Gasteiger partial charge in [0.1, 0.15) is 0 Å². The van der Waals surface area contributed by atoms with E-state index in [1.165, 1.54) is 147 Å². The van der Waals surface area contributed by atoms with Crippen LogP contribution in [0.25, 0.3) is 6.08 Å². The molecule has 0 spiro atoms. The maximum absolute atomic E-state index is 3.22. The molecule has 30 heavy (non-hydrogen) atoms. The van der Waals surface area contributed by atoms with Crippen LogP contribution in [-0.4, -0.2) is 4.98 Å². The van der Waals surface area contributed by atoms with Crippen LogP contribution in [0.4, 0.5) is 0 Å². The Labute approximate surface area is 189 Å². The first-order chi connectivity index (χ1) is 14.9. The van der Waals surface area contributed by atoms with E-state index < -0.39 is 0 Å². The third-order valence-corrected chi connectivity index (χ3v) is 6.39. The molecular formula is C29H53N. The first-order valence-corrected chi connectivity index (χ1v) is 13.7. The Hall–Kier alpha value is -0.980. The van der Waals surface area contributed by atoms with Gasteiger partial charge in [0.15, 0.2) is 0 Å². The van der Waals surface area contributed by atoms with Crippen molar-refractivity contribution in [3.63, 3.8) is 0 Å². The van der Waals surface area contributed by atoms with E-state index in [0.717, 1.165) is 0 Å². The van der Waals surface area contributed by atoms with Gasteiger partial charge in [-0.05, 0) is 31.1 Å². The minimum Gasteiger partial charge on any atom is -0.362 e. The molecule has 0 bridgehead atoms. The fraction of sp³-hybridized carbons (Fsp3) is 0.793. The topological polar surface area (TPSA) is 15.8 Å². The van der Waals surface area contributed by atoms with E-state index in [-0.39, 0.29) is 0 Å². The van der Waals surface area contributed by atoms with Crippen LogP contribution in [0.2, 0.25) is 0 Å². The average Bonchev–Trinajstić information content (AvgIpc) is 3.28. The molecule has 0 unspecified atom stereocenters. The van der Waals surface area contributed by atoms with Gasteiger partial charge in [-0.3, -0.25) is 0 Å². The molecule has 0 saturated carbocycles. The highest BCUT2D eigenvalue weighted by molar-refractivity contribution is 5.43. The first-order valence-electron chi connectivity index (χ1n) is 13.7. The molecule has 1 N–H and O–H groups in total. The largest absolute Gasteiger partial charge is 0.362 e. The summed E-state index contributed by atoms with van der Waals surface area (Å²) in [6.45, 7) is 2.30. The lowest BCUT2D eigenvalue weighted by molar-refractivity contribution is 0.520. The number of unbranched alkanes of at least 4 members (excludes halogenated alkanes) is 21. The Morgan fingerprint density at radius 3 is 1.33 bits per heavy atom. The summed E-state index contributed by atoms with van der Waals surface area (Å²) in [5, 5.41) is 0. The zero-order valence-corrected chi connectivity index (χ0v) is 20.4. The highest BCUT2D eigenvalue weighted by Crippen LogP contribution is 2.15. The highest BCUT2D eigenvalue weighted by Gasteiger charge is 1.95. The first kappa shape index (κ1) is 27.1. The molecule has 0 aliphatic rings. The van der Waals surface area contributed by atoms with Crippen molar-refractivity contribution in [2.45, 2.75) is 148 Å². The zero-order chi connectivity index (χ0) is 21.4. The summed E-state index contributed by atoms with van der Waals surface area (Å²) in [4.78, 5) is 3.22. The minimum absolute atomic E-state index is 1.22. The number of H-pyrrole nitrogens is 1. The van der Waals surface area contributed by atoms with E-state index in [9.17, 15) is 0 Å². The standard InChI is InChI=1S/C29H53N/c1-2-3-4-5-6-7-8-9-10-11-12-13-14-15-16-17-18-19-20-21-22-23-24-26-29-27-25-28-30-29/h24-28,30H,2-23H2,1H3/b26-24+. The van der Waals surface area contributed by atoms with Gasteiger partial charge in [0.2, 0.25) is 0 Å². The quantitative estimate of drug-likeness (QED) is 0.171. The Balaban J connectivity index is 1.65. The van der Waals surface area contributed by atoms with Crippen LogP contribution in [0.1, 0.15) is 154 Å². The summed E-state index contributed by atoms with van der Waals surface area (Å²) in [6.07, 6.45) is 38.3. The molecule has 1 aromatic heterocycles. The molecule has 174 valence electrons. The predicted octanol–water partition coefficient (Wildman–Crippen LogP) is 10.6. The Morgan fingerprint density at radius 1 is 0.567 bits per heavy atom. The van der Waals surface area contributed by atoms with Crippen molar-refractivity contribution < 1.29 is 0 Å². The van der Waals surface area contributed by atoms with Crippen LogP contribution in [-0.2, 0) is 0 Å². The van der Waals surface area contributed by atoms with Gasteiger partial charge in [-0.2, -0.15) is 0 Å². The van der Waals surface area contributed by atoms with Crippen LogP contribution < -0.4 is 0 Å². The Kier molecular flexibility index (Phi) is 20.5. The zero-order valence-electron chi connectivity index (χ0n) is 20.4. The van der Waals surface area contributed by atoms with Crippen molar-refractivity contribution in [1.82, 2.24) is 4.98 Å². The summed E-state index contributed by atoms with van der Waals surface area (Å²) in [5.41, 5.74) is 1.22. The lowest BCUT2D eigenvalue weighted by Gasteiger charge is -2.04. The highest BCUT2D eigenvalue weighted by atomic mass is 14.7. The predicted molar refractivity (Wildman–Crippen MR) is 137 cm³/mol. The molecule has 0 amide bonds. The molecule has 1 aromatic rings. The molecule has 0 saturated heterocycles. The van der Waals surface area contributed by atoms with Gasteiger partial charge < -0.3 is 4.98 Å². The van der Waals surface area contributed by atoms with Crippen LogP contribution >= 0.6 is 0 Å². The summed E-state index contributed by atoms with van der Waals surface area (Å²) in [5.74, 6) is 0. The van der Waals surface area contributed by atoms with Crippen molar-refractivity contribution in [1.29, 1.82) is 0 Å². The maximum Gasteiger partial charge on any atom is 0.0377 e. The third kappa shape index (κ3) is 19.0. The average molecular weight is 416 g/mol. The Bertz CT molecular complexity index is 445. The van der Waals surface area contributed by atoms with Crippen LogP contribution in [0, 0.1) is 0 Å². The van der Waals surface area contributed by atoms with Gasteiger partial charge in [0.25, 0.3) is 0 Å². The molecule has 1 heteroatoms. The number of rotatable bonds is 23. The maximum atomic E-state index is 3.22. The second-order valence-corrected chi connectivity index (χ2v) is 9.39. The van der Waals surface area contributed by atoms with Crippen molar-refractivity contribution in [3.05, 3.63) is 30.1 Å². The minimum atomic E-state index is 1.22. The molecule has 1 nitrogen and oxygen atoms in total. The lowest BCUT2D eigenvalue weighted by atomic mass is 10.0. The number of hydrogen-bond acceptors (Lipinski definition) is 0. The Morgan fingerprint density at radius 2 is 0.967 bits per heavy atom. The van der Waals surface area contributed by atoms with Crippen molar-refractivity contribution in [2.75, 3.05) is 0 Å². The van der Waals surface area contributed by atoms with Gasteiger partial charge in [0.05, 0.1) is 0 Å². The molecule has 0 radical (unpaired) electrons. The monoisotopic (exact) mass is 415 g/mol. The van der Waals surface area contributed by atoms with Gasteiger partial charge in [-0.25, -0.2) is 0 Å². The fourth-order valence-electron chi connectivity index (χ4n) is 4.35. The van der Waals surface area contributed by atoms with Crippen molar-refractivity contribution >= 4 is 6.08 Å². The second-order valence-electron chi connectivity index (χ2n) is 9.39. The van der Waals surface area contributed by atoms with E-state index in [2.05, 4.69) is 36.2 Å². The smallest absolute Gasteiger partial charge is 0.0377 e. The molecule has 0 aliphatic heterocycles. The van der Waals surface area contributed by atoms with Gasteiger partial charge in [0, 0.05) is 11.9 Å². The van der Waals surface area contributed by atoms with E-state index in [4.69, 9.17) is 0 Å². The molecule has 0 atom stereocenters. The molecule has 1 heterocycles. The van der Waals surface area contributed by atoms with Crippen molar-refractivity contribution in [2.24, 2.45) is 0 Å². The van der Waals surface area contributed by atoms with Crippen LogP contribution in [0.15, 0.2) is 24.4 Å². The number of hydrogen-bond donors (Lipinski definition) is 1. The number of allylic oxidation sites excluding steroid dienone is 1.